The topological polar surface area (TPSA) is 21.7 Å². The summed E-state index contributed by atoms with van der Waals surface area (Å²) in [5.41, 5.74) is 0. The zero-order chi connectivity index (χ0) is 18.1. The quantitative estimate of drug-likeness (QED) is 0.386. The highest BCUT2D eigenvalue weighted by Crippen LogP contribution is 2.36. The van der Waals surface area contributed by atoms with Crippen molar-refractivity contribution in [2.24, 2.45) is 0 Å². The van der Waals surface area contributed by atoms with Crippen molar-refractivity contribution in [2.45, 2.75) is 90.4 Å². The zero-order valence-electron chi connectivity index (χ0n) is 17.4. The Morgan fingerprint density at radius 1 is 0.652 bits per heavy atom. The fraction of sp³-hybridized carbons (Fsp3) is 1.00. The highest BCUT2D eigenvalue weighted by atomic mass is 28.4. The van der Waals surface area contributed by atoms with Crippen LogP contribution in [0.3, 0.4) is 0 Å². The van der Waals surface area contributed by atoms with Crippen LogP contribution in [-0.4, -0.2) is 50.0 Å². The molecule has 0 aromatic rings. The third-order valence-corrected chi connectivity index (χ3v) is 23.1. The van der Waals surface area contributed by atoms with Crippen molar-refractivity contribution in [1.82, 2.24) is 4.23 Å². The summed E-state index contributed by atoms with van der Waals surface area (Å²) in [6.45, 7) is 18.1. The summed E-state index contributed by atoms with van der Waals surface area (Å²) in [6, 6.07) is 9.39. The van der Waals surface area contributed by atoms with Crippen molar-refractivity contribution in [1.29, 1.82) is 0 Å². The predicted molar refractivity (Wildman–Crippen MR) is 112 cm³/mol. The van der Waals surface area contributed by atoms with Crippen molar-refractivity contribution in [3.8, 4) is 0 Å². The zero-order valence-corrected chi connectivity index (χ0v) is 20.4. The normalized spacial score (nSPS) is 13.8. The maximum absolute atomic E-state index is 5.79. The third-order valence-electron chi connectivity index (χ3n) is 6.75. The Labute approximate surface area is 149 Å². The van der Waals surface area contributed by atoms with Gasteiger partial charge in [0.15, 0.2) is 0 Å². The summed E-state index contributed by atoms with van der Waals surface area (Å²) >= 11 is 0. The molecule has 0 aromatic carbocycles. The average Bonchev–Trinajstić information content (AvgIpc) is 2.62. The molecule has 0 N–H and O–H groups in total. The van der Waals surface area contributed by atoms with E-state index in [4.69, 9.17) is 8.85 Å². The Kier molecular flexibility index (Phi) is 10.7. The van der Waals surface area contributed by atoms with Gasteiger partial charge in [0.1, 0.15) is 16.5 Å². The molecule has 3 nitrogen and oxygen atoms in total. The van der Waals surface area contributed by atoms with E-state index in [1.54, 1.807) is 0 Å². The van der Waals surface area contributed by atoms with Crippen molar-refractivity contribution in [3.05, 3.63) is 0 Å². The van der Waals surface area contributed by atoms with Crippen LogP contribution in [0.25, 0.3) is 0 Å². The van der Waals surface area contributed by atoms with Gasteiger partial charge in [-0.2, -0.15) is 0 Å². The smallest absolute Gasteiger partial charge is 0.335 e. The molecule has 0 fully saturated rings. The molecule has 0 aromatic heterocycles. The fourth-order valence-corrected chi connectivity index (χ4v) is 19.2. The number of hydrogen-bond donors (Lipinski definition) is 0. The summed E-state index contributed by atoms with van der Waals surface area (Å²) in [4.78, 5) is 0. The molecule has 0 aliphatic heterocycles. The molecule has 0 heterocycles. The molecule has 140 valence electrons. The van der Waals surface area contributed by atoms with E-state index in [-0.39, 0.29) is 0 Å². The Balaban J connectivity index is 5.72. The van der Waals surface area contributed by atoms with Gasteiger partial charge in [0.25, 0.3) is 0 Å². The van der Waals surface area contributed by atoms with E-state index in [2.05, 4.69) is 52.3 Å². The Morgan fingerprint density at radius 2 is 0.957 bits per heavy atom. The monoisotopic (exact) mass is 377 g/mol. The van der Waals surface area contributed by atoms with Crippen LogP contribution < -0.4 is 0 Å². The molecular formula is C17H43NO2Si3. The molecular weight excluding hydrogens is 334 g/mol. The molecule has 0 amide bonds. The molecule has 0 aliphatic carbocycles. The van der Waals surface area contributed by atoms with Crippen LogP contribution in [0.1, 0.15) is 41.5 Å². The van der Waals surface area contributed by atoms with Crippen molar-refractivity contribution in [2.75, 3.05) is 20.8 Å². The second-order valence-electron chi connectivity index (χ2n) is 7.01. The lowest BCUT2D eigenvalue weighted by Gasteiger charge is -2.52. The van der Waals surface area contributed by atoms with Crippen molar-refractivity contribution < 1.29 is 8.85 Å². The molecule has 0 saturated carbocycles. The molecule has 0 aliphatic rings. The van der Waals surface area contributed by atoms with Crippen LogP contribution in [0.5, 0.6) is 0 Å². The maximum Gasteiger partial charge on any atom is 0.335 e. The van der Waals surface area contributed by atoms with E-state index in [9.17, 15) is 0 Å². The van der Waals surface area contributed by atoms with Gasteiger partial charge in [-0.15, -0.1) is 0 Å². The van der Waals surface area contributed by atoms with Crippen molar-refractivity contribution >= 4 is 25.0 Å². The van der Waals surface area contributed by atoms with Gasteiger partial charge in [-0.25, -0.2) is 0 Å². The summed E-state index contributed by atoms with van der Waals surface area (Å²) in [6.07, 6.45) is 0. The standard InChI is InChI=1S/C17H43NO2Si3/c1-10-22(11-2,12-3)18(23(13-4,14-5)15-6)16-17-21(9,19-7)20-8/h10-17H2,1-9H3. The van der Waals surface area contributed by atoms with Crippen molar-refractivity contribution in [3.63, 3.8) is 0 Å². The number of hydrogen-bond acceptors (Lipinski definition) is 3. The Hall–Kier alpha value is 0.531. The van der Waals surface area contributed by atoms with Crippen LogP contribution in [0.15, 0.2) is 0 Å². The minimum absolute atomic E-state index is 1.10. The minimum atomic E-state index is -1.99. The van der Waals surface area contributed by atoms with Crippen LogP contribution in [0, 0.1) is 0 Å². The van der Waals surface area contributed by atoms with E-state index in [1.165, 1.54) is 42.8 Å². The second kappa shape index (κ2) is 10.5. The molecule has 0 spiro atoms. The SMILES string of the molecule is CC[Si](CC)(CC)N(CC[Si](C)(OC)OC)[Si](CC)(CC)CC. The van der Waals surface area contributed by atoms with Crippen LogP contribution in [-0.2, 0) is 8.85 Å². The van der Waals surface area contributed by atoms with Gasteiger partial charge in [0, 0.05) is 20.3 Å². The molecule has 6 heteroatoms. The summed E-state index contributed by atoms with van der Waals surface area (Å²) < 4.78 is 14.7. The second-order valence-corrected chi connectivity index (χ2v) is 21.3. The fourth-order valence-electron chi connectivity index (χ4n) is 4.22. The van der Waals surface area contributed by atoms with Crippen LogP contribution in [0.4, 0.5) is 0 Å². The summed E-state index contributed by atoms with van der Waals surface area (Å²) in [5, 5.41) is 0. The van der Waals surface area contributed by atoms with E-state index in [0.29, 0.717) is 0 Å². The molecule has 0 saturated heterocycles. The predicted octanol–water partition coefficient (Wildman–Crippen LogP) is 5.66. The first-order valence-corrected chi connectivity index (χ1v) is 17.4. The lowest BCUT2D eigenvalue weighted by Crippen LogP contribution is -2.66. The highest BCUT2D eigenvalue weighted by Gasteiger charge is 2.46. The number of nitrogens with zero attached hydrogens (tertiary/aromatic N) is 1. The van der Waals surface area contributed by atoms with Gasteiger partial charge in [-0.3, -0.25) is 0 Å². The summed E-state index contributed by atoms with van der Waals surface area (Å²) in [5.74, 6) is 0. The third kappa shape index (κ3) is 5.25. The van der Waals surface area contributed by atoms with E-state index in [1.807, 2.05) is 14.2 Å². The molecule has 0 unspecified atom stereocenters. The first-order valence-electron chi connectivity index (χ1n) is 9.71. The average molecular weight is 378 g/mol. The van der Waals surface area contributed by atoms with Gasteiger partial charge in [0.05, 0.1) is 0 Å². The van der Waals surface area contributed by atoms with Gasteiger partial charge < -0.3 is 13.1 Å². The number of rotatable bonds is 13. The summed E-state index contributed by atoms with van der Waals surface area (Å²) in [7, 11) is -1.06. The van der Waals surface area contributed by atoms with Gasteiger partial charge in [-0.1, -0.05) is 41.5 Å². The molecule has 0 atom stereocenters. The highest BCUT2D eigenvalue weighted by molar-refractivity contribution is 6.92. The first kappa shape index (κ1) is 23.5. The minimum Gasteiger partial charge on any atom is -0.398 e. The lowest BCUT2D eigenvalue weighted by molar-refractivity contribution is 0.247. The first-order chi connectivity index (χ1) is 10.8. The molecule has 0 rings (SSSR count). The van der Waals surface area contributed by atoms with Gasteiger partial charge >= 0.3 is 8.56 Å². The Morgan fingerprint density at radius 3 is 1.17 bits per heavy atom. The molecule has 23 heavy (non-hydrogen) atoms. The van der Waals surface area contributed by atoms with E-state index in [0.717, 1.165) is 6.04 Å². The molecule has 0 radical (unpaired) electrons. The van der Waals surface area contributed by atoms with Gasteiger partial charge in [-0.05, 0) is 49.4 Å². The maximum atomic E-state index is 5.79. The van der Waals surface area contributed by atoms with Crippen LogP contribution in [0.2, 0.25) is 48.9 Å². The largest absolute Gasteiger partial charge is 0.398 e. The molecule has 0 bridgehead atoms. The van der Waals surface area contributed by atoms with E-state index >= 15 is 0 Å². The van der Waals surface area contributed by atoms with Crippen LogP contribution >= 0.6 is 0 Å². The lowest BCUT2D eigenvalue weighted by atomic mass is 10.8. The van der Waals surface area contributed by atoms with Gasteiger partial charge in [0.2, 0.25) is 0 Å². The van der Waals surface area contributed by atoms with E-state index < -0.39 is 25.0 Å². The Bertz CT molecular complexity index is 280.